The summed E-state index contributed by atoms with van der Waals surface area (Å²) < 4.78 is 11.5. The lowest BCUT2D eigenvalue weighted by Gasteiger charge is -2.54. The summed E-state index contributed by atoms with van der Waals surface area (Å²) >= 11 is 0. The topological polar surface area (TPSA) is 47.5 Å². The minimum absolute atomic E-state index is 0.0650. The zero-order valence-corrected chi connectivity index (χ0v) is 19.4. The van der Waals surface area contributed by atoms with Gasteiger partial charge in [-0.1, -0.05) is 55.8 Å². The highest BCUT2D eigenvalue weighted by Gasteiger charge is 2.49. The number of anilines is 1. The Morgan fingerprint density at radius 3 is 2.19 bits per heavy atom. The molecule has 2 saturated heterocycles. The minimum atomic E-state index is -0.0650. The number of aromatic nitrogens is 2. The van der Waals surface area contributed by atoms with E-state index < -0.39 is 0 Å². The molecule has 1 aromatic heterocycles. The maximum Gasteiger partial charge on any atom is 0.225 e. The molecule has 5 rings (SSSR count). The third kappa shape index (κ3) is 3.86. The molecule has 0 unspecified atom stereocenters. The van der Waals surface area contributed by atoms with Crippen LogP contribution < -0.4 is 9.64 Å². The highest BCUT2D eigenvalue weighted by Crippen LogP contribution is 2.39. The summed E-state index contributed by atoms with van der Waals surface area (Å²) in [7, 11) is 0. The summed E-state index contributed by atoms with van der Waals surface area (Å²) in [5.41, 5.74) is 6.12. The van der Waals surface area contributed by atoms with E-state index in [1.807, 2.05) is 13.1 Å². The summed E-state index contributed by atoms with van der Waals surface area (Å²) in [5, 5.41) is 0. The number of hydrogen-bond acceptors (Lipinski definition) is 5. The van der Waals surface area contributed by atoms with Crippen molar-refractivity contribution in [3.63, 3.8) is 0 Å². The number of rotatable bonds is 6. The van der Waals surface area contributed by atoms with Crippen molar-refractivity contribution >= 4 is 5.95 Å². The van der Waals surface area contributed by atoms with E-state index in [1.54, 1.807) is 0 Å². The predicted octanol–water partition coefficient (Wildman–Crippen LogP) is 4.83. The average molecular weight is 430 g/mol. The van der Waals surface area contributed by atoms with Crippen molar-refractivity contribution in [1.29, 1.82) is 0 Å². The zero-order chi connectivity index (χ0) is 22.3. The fourth-order valence-corrected chi connectivity index (χ4v) is 4.50. The Hall–Kier alpha value is -2.92. The first-order valence-electron chi connectivity index (χ1n) is 11.3. The molecule has 0 bridgehead atoms. The molecule has 0 amide bonds. The van der Waals surface area contributed by atoms with Gasteiger partial charge in [-0.25, -0.2) is 9.97 Å². The molecule has 0 atom stereocenters. The monoisotopic (exact) mass is 429 g/mol. The fourth-order valence-electron chi connectivity index (χ4n) is 4.50. The van der Waals surface area contributed by atoms with Crippen LogP contribution in [0.5, 0.6) is 5.75 Å². The summed E-state index contributed by atoms with van der Waals surface area (Å²) in [6, 6.07) is 17.2. The lowest BCUT2D eigenvalue weighted by molar-refractivity contribution is -0.127. The van der Waals surface area contributed by atoms with E-state index in [2.05, 4.69) is 79.2 Å². The second-order valence-corrected chi connectivity index (χ2v) is 9.95. The Kier molecular flexibility index (Phi) is 5.17. The van der Waals surface area contributed by atoms with Crippen LogP contribution in [0.2, 0.25) is 0 Å². The first-order chi connectivity index (χ1) is 15.3. The van der Waals surface area contributed by atoms with E-state index in [-0.39, 0.29) is 5.41 Å². The number of benzene rings is 2. The van der Waals surface area contributed by atoms with Crippen LogP contribution in [0.25, 0.3) is 0 Å². The first-order valence-corrected chi connectivity index (χ1v) is 11.3. The highest BCUT2D eigenvalue weighted by molar-refractivity contribution is 5.41. The molecule has 0 radical (unpaired) electrons. The van der Waals surface area contributed by atoms with Crippen molar-refractivity contribution in [3.05, 3.63) is 82.7 Å². The molecule has 2 aliphatic rings. The van der Waals surface area contributed by atoms with Gasteiger partial charge in [0.2, 0.25) is 5.95 Å². The van der Waals surface area contributed by atoms with E-state index in [0.717, 1.165) is 49.3 Å². The quantitative estimate of drug-likeness (QED) is 0.561. The van der Waals surface area contributed by atoms with Gasteiger partial charge in [0.15, 0.2) is 0 Å². The van der Waals surface area contributed by atoms with Gasteiger partial charge in [0.05, 0.1) is 24.3 Å². The smallest absolute Gasteiger partial charge is 0.225 e. The van der Waals surface area contributed by atoms with Crippen molar-refractivity contribution in [2.75, 3.05) is 31.2 Å². The number of ether oxygens (including phenoxy) is 2. The lowest BCUT2D eigenvalue weighted by Crippen LogP contribution is -2.66. The Morgan fingerprint density at radius 2 is 1.59 bits per heavy atom. The van der Waals surface area contributed by atoms with Crippen molar-refractivity contribution in [1.82, 2.24) is 9.97 Å². The molecule has 166 valence electrons. The fraction of sp³-hybridized carbons (Fsp3) is 0.407. The molecule has 3 heterocycles. The summed E-state index contributed by atoms with van der Waals surface area (Å²) in [6.45, 7) is 12.8. The average Bonchev–Trinajstić information content (AvgIpc) is 2.72. The first kappa shape index (κ1) is 21.0. The van der Waals surface area contributed by atoms with Gasteiger partial charge < -0.3 is 14.4 Å². The lowest BCUT2D eigenvalue weighted by atomic mass is 9.78. The maximum atomic E-state index is 6.09. The van der Waals surface area contributed by atoms with Gasteiger partial charge >= 0.3 is 0 Å². The highest BCUT2D eigenvalue weighted by atomic mass is 16.5. The molecule has 2 aromatic carbocycles. The van der Waals surface area contributed by atoms with Gasteiger partial charge in [0.1, 0.15) is 12.4 Å². The third-order valence-corrected chi connectivity index (χ3v) is 6.94. The van der Waals surface area contributed by atoms with Crippen LogP contribution in [-0.4, -0.2) is 36.3 Å². The second-order valence-electron chi connectivity index (χ2n) is 9.95. The van der Waals surface area contributed by atoms with Gasteiger partial charge in [-0.3, -0.25) is 0 Å². The Morgan fingerprint density at radius 1 is 0.969 bits per heavy atom. The molecule has 2 fully saturated rings. The van der Waals surface area contributed by atoms with E-state index in [0.29, 0.717) is 12.0 Å². The third-order valence-electron chi connectivity index (χ3n) is 6.94. The normalized spacial score (nSPS) is 17.1. The van der Waals surface area contributed by atoms with Gasteiger partial charge in [-0.05, 0) is 42.7 Å². The molecule has 0 N–H and O–H groups in total. The van der Waals surface area contributed by atoms with Gasteiger partial charge in [-0.15, -0.1) is 0 Å². The molecule has 5 heteroatoms. The van der Waals surface area contributed by atoms with Crippen molar-refractivity contribution in [2.45, 2.75) is 39.7 Å². The molecule has 0 aliphatic carbocycles. The molecule has 3 aromatic rings. The SMILES string of the molecule is Cc1ccc(C(C)(C)c2ccc(OCc3nc(N4CC5(COC5)C4)ncc3C)cc2)cc1. The van der Waals surface area contributed by atoms with Crippen LogP contribution in [0.4, 0.5) is 5.95 Å². The molecule has 32 heavy (non-hydrogen) atoms. The van der Waals surface area contributed by atoms with Crippen LogP contribution in [0, 0.1) is 19.3 Å². The number of nitrogens with zero attached hydrogens (tertiary/aromatic N) is 3. The van der Waals surface area contributed by atoms with Crippen LogP contribution in [-0.2, 0) is 16.8 Å². The number of aryl methyl sites for hydroxylation is 2. The molecule has 0 saturated carbocycles. The second kappa shape index (κ2) is 7.89. The minimum Gasteiger partial charge on any atom is -0.487 e. The summed E-state index contributed by atoms with van der Waals surface area (Å²) in [4.78, 5) is 11.5. The zero-order valence-electron chi connectivity index (χ0n) is 19.4. The Balaban J connectivity index is 1.24. The van der Waals surface area contributed by atoms with Crippen LogP contribution in [0.3, 0.4) is 0 Å². The summed E-state index contributed by atoms with van der Waals surface area (Å²) in [6.07, 6.45) is 1.90. The Labute approximate surface area is 190 Å². The molecule has 1 spiro atoms. The van der Waals surface area contributed by atoms with Crippen molar-refractivity contribution in [2.24, 2.45) is 5.41 Å². The van der Waals surface area contributed by atoms with Crippen LogP contribution >= 0.6 is 0 Å². The number of hydrogen-bond donors (Lipinski definition) is 0. The molecule has 5 nitrogen and oxygen atoms in total. The predicted molar refractivity (Wildman–Crippen MR) is 126 cm³/mol. The van der Waals surface area contributed by atoms with Gasteiger partial charge in [0.25, 0.3) is 0 Å². The summed E-state index contributed by atoms with van der Waals surface area (Å²) in [5.74, 6) is 1.64. The van der Waals surface area contributed by atoms with Crippen LogP contribution in [0.1, 0.15) is 41.8 Å². The van der Waals surface area contributed by atoms with E-state index >= 15 is 0 Å². The Bertz CT molecular complexity index is 1090. The van der Waals surface area contributed by atoms with Crippen molar-refractivity contribution < 1.29 is 9.47 Å². The van der Waals surface area contributed by atoms with E-state index in [9.17, 15) is 0 Å². The van der Waals surface area contributed by atoms with Gasteiger partial charge in [-0.2, -0.15) is 0 Å². The molecular weight excluding hydrogens is 398 g/mol. The van der Waals surface area contributed by atoms with Gasteiger partial charge in [0, 0.05) is 24.7 Å². The largest absolute Gasteiger partial charge is 0.487 e. The van der Waals surface area contributed by atoms with E-state index in [1.165, 1.54) is 16.7 Å². The van der Waals surface area contributed by atoms with Crippen LogP contribution in [0.15, 0.2) is 54.7 Å². The standard InChI is InChI=1S/C27H31N3O2/c1-19-5-7-21(8-6-19)26(3,4)22-9-11-23(12-10-22)32-14-24-20(2)13-28-25(29-24)30-15-27(16-30)17-31-18-27/h5-13H,14-18H2,1-4H3. The molecular formula is C27H31N3O2. The molecule has 2 aliphatic heterocycles. The maximum absolute atomic E-state index is 6.09. The van der Waals surface area contributed by atoms with E-state index in [4.69, 9.17) is 14.5 Å². The van der Waals surface area contributed by atoms with Crippen molar-refractivity contribution in [3.8, 4) is 5.75 Å².